The number of nitrogens with zero attached hydrogens (tertiary/aromatic N) is 3. The number of amides is 2. The first-order chi connectivity index (χ1) is 12.7. The highest BCUT2D eigenvalue weighted by atomic mass is 16.5. The van der Waals surface area contributed by atoms with Crippen LogP contribution in [0.4, 0.5) is 0 Å². The first-order valence-electron chi connectivity index (χ1n) is 9.64. The van der Waals surface area contributed by atoms with Crippen LogP contribution in [-0.4, -0.2) is 59.0 Å². The lowest BCUT2D eigenvalue weighted by Crippen LogP contribution is -2.40. The highest BCUT2D eigenvalue weighted by molar-refractivity contribution is 5.92. The van der Waals surface area contributed by atoms with Crippen LogP contribution in [0, 0.1) is 0 Å². The molecule has 7 nitrogen and oxygen atoms in total. The van der Waals surface area contributed by atoms with Crippen LogP contribution in [0.2, 0.25) is 0 Å². The lowest BCUT2D eigenvalue weighted by atomic mass is 10.2. The Kier molecular flexibility index (Phi) is 9.03. The van der Waals surface area contributed by atoms with E-state index in [4.69, 9.17) is 4.74 Å². The summed E-state index contributed by atoms with van der Waals surface area (Å²) in [7, 11) is 0. The third-order valence-corrected chi connectivity index (χ3v) is 4.48. The van der Waals surface area contributed by atoms with Gasteiger partial charge in [0.1, 0.15) is 5.69 Å². The molecule has 1 saturated heterocycles. The number of hydrogen-bond donors (Lipinski definition) is 1. The molecule has 0 radical (unpaired) electrons. The standard InChI is InChI=1S/C19H30N4O3/c1-2-3-4-5-9-22-18(24)8-12-23(15-16-7-6-13-26-16)19(25)17-14-20-10-11-21-17/h10-11,14,16H,2-9,12-13,15H2,1H3,(H,22,24)/t16-/m0/s1. The zero-order valence-corrected chi connectivity index (χ0v) is 15.7. The molecule has 144 valence electrons. The fourth-order valence-electron chi connectivity index (χ4n) is 2.99. The van der Waals surface area contributed by atoms with E-state index in [2.05, 4.69) is 22.2 Å². The number of carbonyl (C=O) groups excluding carboxylic acids is 2. The Hall–Kier alpha value is -2.02. The molecule has 0 bridgehead atoms. The van der Waals surface area contributed by atoms with Crippen molar-refractivity contribution in [2.75, 3.05) is 26.2 Å². The Balaban J connectivity index is 1.83. The molecule has 0 saturated carbocycles. The molecular formula is C19H30N4O3. The van der Waals surface area contributed by atoms with Crippen molar-refractivity contribution in [3.05, 3.63) is 24.3 Å². The number of unbranched alkanes of at least 4 members (excludes halogenated alkanes) is 3. The first kappa shape index (κ1) is 20.3. The van der Waals surface area contributed by atoms with Gasteiger partial charge in [-0.25, -0.2) is 4.98 Å². The maximum absolute atomic E-state index is 12.7. The van der Waals surface area contributed by atoms with Crippen LogP contribution in [0.15, 0.2) is 18.6 Å². The van der Waals surface area contributed by atoms with Gasteiger partial charge in [-0.2, -0.15) is 0 Å². The Morgan fingerprint density at radius 1 is 1.31 bits per heavy atom. The monoisotopic (exact) mass is 362 g/mol. The molecule has 1 aromatic rings. The number of hydrogen-bond acceptors (Lipinski definition) is 5. The fourth-order valence-corrected chi connectivity index (χ4v) is 2.99. The van der Waals surface area contributed by atoms with Gasteiger partial charge in [-0.05, 0) is 19.3 Å². The molecule has 1 aliphatic rings. The number of aromatic nitrogens is 2. The highest BCUT2D eigenvalue weighted by Gasteiger charge is 2.24. The number of rotatable bonds is 11. The minimum atomic E-state index is -0.204. The van der Waals surface area contributed by atoms with E-state index < -0.39 is 0 Å². The average Bonchev–Trinajstić information content (AvgIpc) is 3.18. The van der Waals surface area contributed by atoms with Crippen LogP contribution in [0.3, 0.4) is 0 Å². The summed E-state index contributed by atoms with van der Waals surface area (Å²) in [5.41, 5.74) is 0.297. The molecule has 1 fully saturated rings. The second-order valence-corrected chi connectivity index (χ2v) is 6.64. The van der Waals surface area contributed by atoms with Gasteiger partial charge in [0.05, 0.1) is 12.3 Å². The molecule has 1 N–H and O–H groups in total. The van der Waals surface area contributed by atoms with Crippen molar-refractivity contribution in [3.63, 3.8) is 0 Å². The van der Waals surface area contributed by atoms with Gasteiger partial charge in [0, 0.05) is 45.1 Å². The van der Waals surface area contributed by atoms with E-state index in [0.29, 0.717) is 25.3 Å². The third-order valence-electron chi connectivity index (χ3n) is 4.48. The molecule has 2 heterocycles. The van der Waals surface area contributed by atoms with E-state index in [0.717, 1.165) is 32.3 Å². The van der Waals surface area contributed by atoms with Crippen LogP contribution in [0.5, 0.6) is 0 Å². The fraction of sp³-hybridized carbons (Fsp3) is 0.684. The molecule has 1 atom stereocenters. The van der Waals surface area contributed by atoms with Crippen molar-refractivity contribution in [2.45, 2.75) is 58.0 Å². The quantitative estimate of drug-likeness (QED) is 0.610. The van der Waals surface area contributed by atoms with Crippen molar-refractivity contribution >= 4 is 11.8 Å². The summed E-state index contributed by atoms with van der Waals surface area (Å²) in [5.74, 6) is -0.227. The van der Waals surface area contributed by atoms with Crippen molar-refractivity contribution in [3.8, 4) is 0 Å². The molecule has 2 rings (SSSR count). The smallest absolute Gasteiger partial charge is 0.274 e. The minimum Gasteiger partial charge on any atom is -0.376 e. The Morgan fingerprint density at radius 2 is 2.19 bits per heavy atom. The highest BCUT2D eigenvalue weighted by Crippen LogP contribution is 2.15. The summed E-state index contributed by atoms with van der Waals surface area (Å²) in [6, 6.07) is 0. The Morgan fingerprint density at radius 3 is 2.88 bits per heavy atom. The zero-order chi connectivity index (χ0) is 18.6. The Bertz CT molecular complexity index is 547. The first-order valence-corrected chi connectivity index (χ1v) is 9.64. The van der Waals surface area contributed by atoms with Gasteiger partial charge in [0.2, 0.25) is 5.91 Å². The molecule has 2 amide bonds. The van der Waals surface area contributed by atoms with Crippen LogP contribution in [0.1, 0.15) is 62.4 Å². The van der Waals surface area contributed by atoms with Crippen LogP contribution in [0.25, 0.3) is 0 Å². The topological polar surface area (TPSA) is 84.4 Å². The van der Waals surface area contributed by atoms with Crippen LogP contribution >= 0.6 is 0 Å². The van der Waals surface area contributed by atoms with Gasteiger partial charge in [-0.1, -0.05) is 26.2 Å². The third kappa shape index (κ3) is 7.07. The van der Waals surface area contributed by atoms with Crippen LogP contribution < -0.4 is 5.32 Å². The molecule has 0 spiro atoms. The van der Waals surface area contributed by atoms with Gasteiger partial charge in [-0.15, -0.1) is 0 Å². The summed E-state index contributed by atoms with van der Waals surface area (Å²) < 4.78 is 5.65. The number of carbonyl (C=O) groups is 2. The van der Waals surface area contributed by atoms with Crippen molar-refractivity contribution < 1.29 is 14.3 Å². The molecule has 1 aliphatic heterocycles. The summed E-state index contributed by atoms with van der Waals surface area (Å²) in [5, 5.41) is 2.93. The van der Waals surface area contributed by atoms with Crippen LogP contribution in [-0.2, 0) is 9.53 Å². The second kappa shape index (κ2) is 11.6. The van der Waals surface area contributed by atoms with Crippen molar-refractivity contribution in [2.24, 2.45) is 0 Å². The second-order valence-electron chi connectivity index (χ2n) is 6.64. The van der Waals surface area contributed by atoms with Gasteiger partial charge < -0.3 is 15.0 Å². The molecule has 0 aromatic carbocycles. The SMILES string of the molecule is CCCCCCNC(=O)CCN(C[C@@H]1CCCO1)C(=O)c1cnccn1. The predicted molar refractivity (Wildman–Crippen MR) is 98.7 cm³/mol. The molecule has 0 unspecified atom stereocenters. The van der Waals surface area contributed by atoms with E-state index in [-0.39, 0.29) is 24.3 Å². The van der Waals surface area contributed by atoms with E-state index in [9.17, 15) is 9.59 Å². The summed E-state index contributed by atoms with van der Waals surface area (Å²) in [6.07, 6.45) is 11.3. The van der Waals surface area contributed by atoms with Crippen molar-refractivity contribution in [1.82, 2.24) is 20.2 Å². The molecule has 7 heteroatoms. The lowest BCUT2D eigenvalue weighted by Gasteiger charge is -2.25. The number of ether oxygens (including phenoxy) is 1. The lowest BCUT2D eigenvalue weighted by molar-refractivity contribution is -0.121. The molecule has 26 heavy (non-hydrogen) atoms. The molecule has 0 aliphatic carbocycles. The summed E-state index contributed by atoms with van der Waals surface area (Å²) >= 11 is 0. The van der Waals surface area contributed by atoms with E-state index in [1.54, 1.807) is 4.90 Å². The molecule has 1 aromatic heterocycles. The normalized spacial score (nSPS) is 16.4. The van der Waals surface area contributed by atoms with Gasteiger partial charge in [0.15, 0.2) is 0 Å². The zero-order valence-electron chi connectivity index (χ0n) is 15.7. The van der Waals surface area contributed by atoms with Gasteiger partial charge >= 0.3 is 0 Å². The summed E-state index contributed by atoms with van der Waals surface area (Å²) in [6.45, 7) is 4.43. The number of nitrogens with one attached hydrogen (secondary N) is 1. The van der Waals surface area contributed by atoms with Crippen molar-refractivity contribution in [1.29, 1.82) is 0 Å². The minimum absolute atomic E-state index is 0.0224. The van der Waals surface area contributed by atoms with E-state index >= 15 is 0 Å². The van der Waals surface area contributed by atoms with E-state index in [1.165, 1.54) is 31.4 Å². The summed E-state index contributed by atoms with van der Waals surface area (Å²) in [4.78, 5) is 34.5. The van der Waals surface area contributed by atoms with Gasteiger partial charge in [-0.3, -0.25) is 14.6 Å². The maximum atomic E-state index is 12.7. The maximum Gasteiger partial charge on any atom is 0.274 e. The van der Waals surface area contributed by atoms with E-state index in [1.807, 2.05) is 0 Å². The largest absolute Gasteiger partial charge is 0.376 e. The van der Waals surface area contributed by atoms with Gasteiger partial charge in [0.25, 0.3) is 5.91 Å². The molecular weight excluding hydrogens is 332 g/mol. The average molecular weight is 362 g/mol. The Labute approximate surface area is 155 Å². The predicted octanol–water partition coefficient (Wildman–Crippen LogP) is 2.18.